The van der Waals surface area contributed by atoms with Crippen LogP contribution in [0.25, 0.3) is 0 Å². The summed E-state index contributed by atoms with van der Waals surface area (Å²) in [6.07, 6.45) is 0.377. The Bertz CT molecular complexity index is 354. The molecule has 0 amide bonds. The molecule has 1 unspecified atom stereocenters. The number of nitrogens with zero attached hydrogens (tertiary/aromatic N) is 1. The number of carbonyl (C=O) groups is 1. The summed E-state index contributed by atoms with van der Waals surface area (Å²) in [4.78, 5) is 11.2. The Labute approximate surface area is 102 Å². The summed E-state index contributed by atoms with van der Waals surface area (Å²) < 4.78 is 9.95. The predicted molar refractivity (Wildman–Crippen MR) is 63.6 cm³/mol. The van der Waals surface area contributed by atoms with Crippen molar-refractivity contribution in [1.29, 1.82) is 0 Å². The lowest BCUT2D eigenvalue weighted by Crippen LogP contribution is -2.23. The number of esters is 1. The quantitative estimate of drug-likeness (QED) is 0.769. The zero-order valence-corrected chi connectivity index (χ0v) is 10.9. The topological polar surface area (TPSA) is 64.4 Å². The van der Waals surface area contributed by atoms with Gasteiger partial charge in [-0.1, -0.05) is 5.16 Å². The van der Waals surface area contributed by atoms with Gasteiger partial charge in [0, 0.05) is 18.2 Å². The van der Waals surface area contributed by atoms with Gasteiger partial charge in [0.2, 0.25) is 0 Å². The van der Waals surface area contributed by atoms with E-state index in [0.717, 1.165) is 17.0 Å². The number of ether oxygens (including phenoxy) is 1. The third-order valence-electron chi connectivity index (χ3n) is 2.61. The van der Waals surface area contributed by atoms with E-state index in [4.69, 9.17) is 9.26 Å². The van der Waals surface area contributed by atoms with Crippen LogP contribution < -0.4 is 5.32 Å². The van der Waals surface area contributed by atoms with E-state index in [-0.39, 0.29) is 12.0 Å². The average molecular weight is 240 g/mol. The second kappa shape index (κ2) is 6.39. The van der Waals surface area contributed by atoms with Crippen molar-refractivity contribution in [2.24, 2.45) is 0 Å². The second-order valence-electron chi connectivity index (χ2n) is 3.97. The van der Waals surface area contributed by atoms with Crippen LogP contribution in [0.2, 0.25) is 0 Å². The Morgan fingerprint density at radius 2 is 2.24 bits per heavy atom. The molecule has 5 heteroatoms. The lowest BCUT2D eigenvalue weighted by molar-refractivity contribution is -0.142. The molecule has 0 spiro atoms. The van der Waals surface area contributed by atoms with Gasteiger partial charge in [-0.15, -0.1) is 0 Å². The standard InChI is InChI=1S/C12H20N2O3/c1-5-16-11(15)6-7-13-8(2)12-9(3)14-17-10(12)4/h8,13H,5-7H2,1-4H3. The highest BCUT2D eigenvalue weighted by atomic mass is 16.5. The molecule has 96 valence electrons. The monoisotopic (exact) mass is 240 g/mol. The van der Waals surface area contributed by atoms with Gasteiger partial charge in [-0.25, -0.2) is 0 Å². The molecule has 0 saturated carbocycles. The summed E-state index contributed by atoms with van der Waals surface area (Å²) in [6, 6.07) is 0.121. The molecular weight excluding hydrogens is 220 g/mol. The largest absolute Gasteiger partial charge is 0.466 e. The highest BCUT2D eigenvalue weighted by Crippen LogP contribution is 2.20. The summed E-state index contributed by atoms with van der Waals surface area (Å²) in [5, 5.41) is 7.16. The molecule has 0 fully saturated rings. The number of nitrogens with one attached hydrogen (secondary N) is 1. The number of aryl methyl sites for hydroxylation is 2. The normalized spacial score (nSPS) is 12.5. The van der Waals surface area contributed by atoms with Crippen molar-refractivity contribution in [3.63, 3.8) is 0 Å². The van der Waals surface area contributed by atoms with E-state index >= 15 is 0 Å². The number of aromatic nitrogens is 1. The van der Waals surface area contributed by atoms with Crippen molar-refractivity contribution in [2.45, 2.75) is 40.2 Å². The fourth-order valence-corrected chi connectivity index (χ4v) is 1.83. The molecule has 0 saturated heterocycles. The highest BCUT2D eigenvalue weighted by molar-refractivity contribution is 5.69. The summed E-state index contributed by atoms with van der Waals surface area (Å²) >= 11 is 0. The molecule has 1 aromatic rings. The molecule has 0 aliphatic carbocycles. The number of hydrogen-bond donors (Lipinski definition) is 1. The molecule has 1 atom stereocenters. The second-order valence-corrected chi connectivity index (χ2v) is 3.97. The van der Waals surface area contributed by atoms with Crippen LogP contribution in [0.5, 0.6) is 0 Å². The van der Waals surface area contributed by atoms with E-state index in [1.165, 1.54) is 0 Å². The van der Waals surface area contributed by atoms with Crippen LogP contribution in [0, 0.1) is 13.8 Å². The van der Waals surface area contributed by atoms with E-state index in [1.807, 2.05) is 20.8 Å². The molecule has 0 radical (unpaired) electrons. The van der Waals surface area contributed by atoms with Gasteiger partial charge in [0.1, 0.15) is 5.76 Å². The summed E-state index contributed by atoms with van der Waals surface area (Å²) in [5.41, 5.74) is 1.95. The van der Waals surface area contributed by atoms with E-state index in [9.17, 15) is 4.79 Å². The zero-order valence-electron chi connectivity index (χ0n) is 10.9. The van der Waals surface area contributed by atoms with Gasteiger partial charge in [-0.05, 0) is 27.7 Å². The smallest absolute Gasteiger partial charge is 0.307 e. The van der Waals surface area contributed by atoms with Crippen molar-refractivity contribution < 1.29 is 14.1 Å². The van der Waals surface area contributed by atoms with E-state index in [0.29, 0.717) is 19.6 Å². The summed E-state index contributed by atoms with van der Waals surface area (Å²) in [6.45, 7) is 8.64. The Morgan fingerprint density at radius 1 is 1.53 bits per heavy atom. The van der Waals surface area contributed by atoms with Gasteiger partial charge < -0.3 is 14.6 Å². The molecule has 17 heavy (non-hydrogen) atoms. The molecule has 0 aliphatic heterocycles. The summed E-state index contributed by atoms with van der Waals surface area (Å²) in [7, 11) is 0. The van der Waals surface area contributed by atoms with Crippen molar-refractivity contribution in [3.05, 3.63) is 17.0 Å². The highest BCUT2D eigenvalue weighted by Gasteiger charge is 2.15. The van der Waals surface area contributed by atoms with Crippen molar-refractivity contribution in [1.82, 2.24) is 10.5 Å². The predicted octanol–water partition coefficient (Wildman–Crippen LogP) is 1.90. The minimum Gasteiger partial charge on any atom is -0.466 e. The van der Waals surface area contributed by atoms with Crippen LogP contribution in [0.4, 0.5) is 0 Å². The van der Waals surface area contributed by atoms with Gasteiger partial charge in [0.15, 0.2) is 0 Å². The van der Waals surface area contributed by atoms with Crippen LogP contribution in [-0.2, 0) is 9.53 Å². The molecule has 1 heterocycles. The molecular formula is C12H20N2O3. The maximum atomic E-state index is 11.2. The molecule has 1 aromatic heterocycles. The maximum absolute atomic E-state index is 11.2. The van der Waals surface area contributed by atoms with Crippen LogP contribution >= 0.6 is 0 Å². The lowest BCUT2D eigenvalue weighted by atomic mass is 10.1. The molecule has 0 bridgehead atoms. The van der Waals surface area contributed by atoms with Gasteiger partial charge >= 0.3 is 5.97 Å². The van der Waals surface area contributed by atoms with E-state index in [2.05, 4.69) is 10.5 Å². The van der Waals surface area contributed by atoms with Crippen LogP contribution in [0.1, 0.15) is 43.3 Å². The fraction of sp³-hybridized carbons (Fsp3) is 0.667. The Kier molecular flexibility index (Phi) is 5.15. The third-order valence-corrected chi connectivity index (χ3v) is 2.61. The molecule has 0 aliphatic rings. The molecule has 5 nitrogen and oxygen atoms in total. The van der Waals surface area contributed by atoms with Crippen molar-refractivity contribution in [3.8, 4) is 0 Å². The Hall–Kier alpha value is -1.36. The van der Waals surface area contributed by atoms with Crippen LogP contribution in [0.15, 0.2) is 4.52 Å². The minimum absolute atomic E-state index is 0.121. The maximum Gasteiger partial charge on any atom is 0.307 e. The first kappa shape index (κ1) is 13.7. The first-order valence-electron chi connectivity index (χ1n) is 5.88. The van der Waals surface area contributed by atoms with Gasteiger partial charge in [-0.2, -0.15) is 0 Å². The Balaban J connectivity index is 2.40. The van der Waals surface area contributed by atoms with Crippen LogP contribution in [0.3, 0.4) is 0 Å². The fourth-order valence-electron chi connectivity index (χ4n) is 1.83. The van der Waals surface area contributed by atoms with Gasteiger partial charge in [-0.3, -0.25) is 4.79 Å². The molecule has 1 rings (SSSR count). The lowest BCUT2D eigenvalue weighted by Gasteiger charge is -2.13. The third kappa shape index (κ3) is 3.85. The number of rotatable bonds is 6. The summed E-state index contributed by atoms with van der Waals surface area (Å²) in [5.74, 6) is 0.643. The molecule has 1 N–H and O–H groups in total. The van der Waals surface area contributed by atoms with Crippen molar-refractivity contribution in [2.75, 3.05) is 13.2 Å². The van der Waals surface area contributed by atoms with E-state index in [1.54, 1.807) is 6.92 Å². The minimum atomic E-state index is -0.175. The van der Waals surface area contributed by atoms with Crippen LogP contribution in [-0.4, -0.2) is 24.3 Å². The number of carbonyl (C=O) groups excluding carboxylic acids is 1. The average Bonchev–Trinajstić information content (AvgIpc) is 2.59. The van der Waals surface area contributed by atoms with Gasteiger partial charge in [0.25, 0.3) is 0 Å². The number of hydrogen-bond acceptors (Lipinski definition) is 5. The zero-order chi connectivity index (χ0) is 12.8. The molecule has 0 aromatic carbocycles. The van der Waals surface area contributed by atoms with Crippen molar-refractivity contribution >= 4 is 5.97 Å². The first-order valence-corrected chi connectivity index (χ1v) is 5.88. The van der Waals surface area contributed by atoms with E-state index < -0.39 is 0 Å². The SMILES string of the molecule is CCOC(=O)CCNC(C)c1c(C)noc1C. The first-order chi connectivity index (χ1) is 8.06. The Morgan fingerprint density at radius 3 is 2.76 bits per heavy atom. The van der Waals surface area contributed by atoms with Gasteiger partial charge in [0.05, 0.1) is 18.7 Å².